The van der Waals surface area contributed by atoms with E-state index in [1.165, 1.54) is 42.6 Å². The Hall–Kier alpha value is -2.45. The van der Waals surface area contributed by atoms with Crippen molar-refractivity contribution < 1.29 is 18.3 Å². The van der Waals surface area contributed by atoms with Crippen LogP contribution in [0.4, 0.5) is 5.82 Å². The topological polar surface area (TPSA) is 108 Å². The molecule has 1 fully saturated rings. The van der Waals surface area contributed by atoms with Crippen molar-refractivity contribution >= 4 is 21.7 Å². The number of pyridine rings is 1. The van der Waals surface area contributed by atoms with Crippen molar-refractivity contribution in [3.63, 3.8) is 0 Å². The van der Waals surface area contributed by atoms with Gasteiger partial charge in [0.05, 0.1) is 4.90 Å². The van der Waals surface area contributed by atoms with Crippen LogP contribution in [0.3, 0.4) is 0 Å². The van der Waals surface area contributed by atoms with E-state index in [4.69, 9.17) is 0 Å². The number of sulfonamides is 1. The molecular formula is C15H15N3O4S. The molecule has 0 radical (unpaired) electrons. The van der Waals surface area contributed by atoms with Gasteiger partial charge in [-0.05, 0) is 49.2 Å². The number of carbonyl (C=O) groups is 1. The van der Waals surface area contributed by atoms with Crippen LogP contribution in [-0.4, -0.2) is 30.5 Å². The summed E-state index contributed by atoms with van der Waals surface area (Å²) in [5, 5.41) is 12.0. The largest absolute Gasteiger partial charge is 0.504 e. The number of anilines is 1. The molecule has 0 spiro atoms. The average Bonchev–Trinajstić information content (AvgIpc) is 3.33. The highest BCUT2D eigenvalue weighted by Gasteiger charge is 2.27. The SMILES string of the molecule is O=C(Nc1ncccc1O)c1ccc(S(=O)(=O)NC2CC2)cc1. The number of benzene rings is 1. The van der Waals surface area contributed by atoms with Crippen molar-refractivity contribution in [1.82, 2.24) is 9.71 Å². The number of amides is 1. The molecule has 3 N–H and O–H groups in total. The summed E-state index contributed by atoms with van der Waals surface area (Å²) in [6, 6.07) is 8.54. The molecule has 3 rings (SSSR count). The van der Waals surface area contributed by atoms with Gasteiger partial charge in [0, 0.05) is 17.8 Å². The Bertz CT molecular complexity index is 830. The van der Waals surface area contributed by atoms with E-state index in [0.29, 0.717) is 0 Å². The molecule has 7 nitrogen and oxygen atoms in total. The molecule has 0 aliphatic heterocycles. The number of aromatic hydroxyl groups is 1. The highest BCUT2D eigenvalue weighted by Crippen LogP contribution is 2.23. The lowest BCUT2D eigenvalue weighted by Gasteiger charge is -2.08. The van der Waals surface area contributed by atoms with Crippen LogP contribution in [0.2, 0.25) is 0 Å². The van der Waals surface area contributed by atoms with Gasteiger partial charge in [-0.3, -0.25) is 4.79 Å². The second-order valence-electron chi connectivity index (χ2n) is 5.25. The fourth-order valence-corrected chi connectivity index (χ4v) is 3.25. The normalized spacial score (nSPS) is 14.4. The van der Waals surface area contributed by atoms with Crippen LogP contribution in [-0.2, 0) is 10.0 Å². The summed E-state index contributed by atoms with van der Waals surface area (Å²) >= 11 is 0. The lowest BCUT2D eigenvalue weighted by molar-refractivity contribution is 0.102. The molecule has 1 aliphatic rings. The molecule has 0 unspecified atom stereocenters. The summed E-state index contributed by atoms with van der Waals surface area (Å²) in [7, 11) is -3.54. The van der Waals surface area contributed by atoms with Gasteiger partial charge < -0.3 is 10.4 Å². The Morgan fingerprint density at radius 2 is 1.87 bits per heavy atom. The summed E-state index contributed by atoms with van der Waals surface area (Å²) in [6.45, 7) is 0. The molecule has 1 aromatic carbocycles. The zero-order chi connectivity index (χ0) is 16.4. The molecule has 23 heavy (non-hydrogen) atoms. The first-order chi connectivity index (χ1) is 11.0. The molecule has 0 atom stereocenters. The molecule has 1 heterocycles. The van der Waals surface area contributed by atoms with Crippen LogP contribution in [0.5, 0.6) is 5.75 Å². The first kappa shape index (κ1) is 15.4. The van der Waals surface area contributed by atoms with Crippen LogP contribution in [0.15, 0.2) is 47.5 Å². The van der Waals surface area contributed by atoms with Gasteiger partial charge in [-0.25, -0.2) is 18.1 Å². The molecule has 0 saturated heterocycles. The molecule has 1 aliphatic carbocycles. The fourth-order valence-electron chi connectivity index (χ4n) is 1.95. The van der Waals surface area contributed by atoms with E-state index in [2.05, 4.69) is 15.0 Å². The maximum atomic E-state index is 12.1. The lowest BCUT2D eigenvalue weighted by atomic mass is 10.2. The first-order valence-corrected chi connectivity index (χ1v) is 8.52. The molecule has 2 aromatic rings. The van der Waals surface area contributed by atoms with Crippen molar-refractivity contribution in [2.24, 2.45) is 0 Å². The standard InChI is InChI=1S/C15H15N3O4S/c19-13-2-1-9-16-14(13)17-15(20)10-3-7-12(8-4-10)23(21,22)18-11-5-6-11/h1-4,7-9,11,18-19H,5-6H2,(H,16,17,20). The van der Waals surface area contributed by atoms with Gasteiger partial charge in [-0.1, -0.05) is 0 Å². The second-order valence-corrected chi connectivity index (χ2v) is 6.96. The number of nitrogens with one attached hydrogen (secondary N) is 2. The summed E-state index contributed by atoms with van der Waals surface area (Å²) in [5.74, 6) is -0.587. The van der Waals surface area contributed by atoms with Crippen LogP contribution >= 0.6 is 0 Å². The first-order valence-electron chi connectivity index (χ1n) is 7.03. The van der Waals surface area contributed by atoms with E-state index in [0.717, 1.165) is 12.8 Å². The number of hydrogen-bond acceptors (Lipinski definition) is 5. The van der Waals surface area contributed by atoms with Gasteiger partial charge in [0.2, 0.25) is 10.0 Å². The molecule has 1 saturated carbocycles. The third-order valence-corrected chi connectivity index (χ3v) is 4.88. The van der Waals surface area contributed by atoms with Gasteiger partial charge in [-0.15, -0.1) is 0 Å². The monoisotopic (exact) mass is 333 g/mol. The van der Waals surface area contributed by atoms with Gasteiger partial charge in [0.25, 0.3) is 5.91 Å². The van der Waals surface area contributed by atoms with Crippen LogP contribution in [0.1, 0.15) is 23.2 Å². The van der Waals surface area contributed by atoms with E-state index < -0.39 is 15.9 Å². The Balaban J connectivity index is 1.74. The van der Waals surface area contributed by atoms with E-state index in [9.17, 15) is 18.3 Å². The predicted molar refractivity (Wildman–Crippen MR) is 83.6 cm³/mol. The van der Waals surface area contributed by atoms with Crippen molar-refractivity contribution in [3.8, 4) is 5.75 Å². The Kier molecular flexibility index (Phi) is 4.01. The number of carbonyl (C=O) groups excluding carboxylic acids is 1. The second kappa shape index (κ2) is 5.98. The zero-order valence-corrected chi connectivity index (χ0v) is 12.9. The quantitative estimate of drug-likeness (QED) is 0.768. The van der Waals surface area contributed by atoms with E-state index in [1.54, 1.807) is 0 Å². The molecule has 1 aromatic heterocycles. The summed E-state index contributed by atoms with van der Waals surface area (Å²) in [4.78, 5) is 16.1. The van der Waals surface area contributed by atoms with Crippen LogP contribution in [0, 0.1) is 0 Å². The molecule has 8 heteroatoms. The third kappa shape index (κ3) is 3.66. The number of hydrogen-bond donors (Lipinski definition) is 3. The Morgan fingerprint density at radius 3 is 2.48 bits per heavy atom. The Labute approximate surface area is 133 Å². The predicted octanol–water partition coefficient (Wildman–Crippen LogP) is 1.48. The smallest absolute Gasteiger partial charge is 0.256 e. The molecule has 120 valence electrons. The van der Waals surface area contributed by atoms with Crippen molar-refractivity contribution in [2.45, 2.75) is 23.8 Å². The summed E-state index contributed by atoms with van der Waals surface area (Å²) in [6.07, 6.45) is 3.15. The lowest BCUT2D eigenvalue weighted by Crippen LogP contribution is -2.25. The average molecular weight is 333 g/mol. The number of rotatable bonds is 5. The minimum atomic E-state index is -3.54. The van der Waals surface area contributed by atoms with E-state index in [-0.39, 0.29) is 28.1 Å². The highest BCUT2D eigenvalue weighted by atomic mass is 32.2. The van der Waals surface area contributed by atoms with Crippen molar-refractivity contribution in [1.29, 1.82) is 0 Å². The van der Waals surface area contributed by atoms with Gasteiger partial charge in [-0.2, -0.15) is 0 Å². The van der Waals surface area contributed by atoms with Gasteiger partial charge in [0.1, 0.15) is 0 Å². The minimum absolute atomic E-state index is 0.0232. The maximum absolute atomic E-state index is 12.1. The van der Waals surface area contributed by atoms with Crippen molar-refractivity contribution in [3.05, 3.63) is 48.2 Å². The van der Waals surface area contributed by atoms with E-state index >= 15 is 0 Å². The maximum Gasteiger partial charge on any atom is 0.256 e. The van der Waals surface area contributed by atoms with Crippen molar-refractivity contribution in [2.75, 3.05) is 5.32 Å². The molecular weight excluding hydrogens is 318 g/mol. The molecule has 0 bridgehead atoms. The summed E-state index contributed by atoms with van der Waals surface area (Å²) < 4.78 is 26.7. The highest BCUT2D eigenvalue weighted by molar-refractivity contribution is 7.89. The van der Waals surface area contributed by atoms with Crippen LogP contribution < -0.4 is 10.0 Å². The summed E-state index contributed by atoms with van der Waals surface area (Å²) in [5.41, 5.74) is 0.264. The fraction of sp³-hybridized carbons (Fsp3) is 0.200. The van der Waals surface area contributed by atoms with Gasteiger partial charge in [0.15, 0.2) is 11.6 Å². The zero-order valence-electron chi connectivity index (χ0n) is 12.1. The minimum Gasteiger partial charge on any atom is -0.504 e. The van der Waals surface area contributed by atoms with E-state index in [1.807, 2.05) is 0 Å². The third-order valence-electron chi connectivity index (χ3n) is 3.34. The number of aromatic nitrogens is 1. The van der Waals surface area contributed by atoms with Crippen LogP contribution in [0.25, 0.3) is 0 Å². The Morgan fingerprint density at radius 1 is 1.17 bits per heavy atom. The molecule has 1 amide bonds. The van der Waals surface area contributed by atoms with Gasteiger partial charge >= 0.3 is 0 Å². The number of nitrogens with zero attached hydrogens (tertiary/aromatic N) is 1.